The van der Waals surface area contributed by atoms with E-state index in [1.807, 2.05) is 0 Å². The van der Waals surface area contributed by atoms with Gasteiger partial charge in [0.25, 0.3) is 0 Å². The van der Waals surface area contributed by atoms with E-state index in [1.165, 1.54) is 38.5 Å². The fourth-order valence-electron chi connectivity index (χ4n) is 3.28. The maximum absolute atomic E-state index is 4.72. The molecule has 0 aromatic carbocycles. The summed E-state index contributed by atoms with van der Waals surface area (Å²) in [6.45, 7) is 4.30. The Balaban J connectivity index is 2.08. The van der Waals surface area contributed by atoms with E-state index >= 15 is 0 Å². The van der Waals surface area contributed by atoms with E-state index < -0.39 is 0 Å². The van der Waals surface area contributed by atoms with Gasteiger partial charge in [0.05, 0.1) is 0 Å². The molecule has 1 heterocycles. The van der Waals surface area contributed by atoms with E-state index in [1.54, 1.807) is 0 Å². The predicted octanol–water partition coefficient (Wildman–Crippen LogP) is 2.16. The van der Waals surface area contributed by atoms with Crippen molar-refractivity contribution in [3.63, 3.8) is 0 Å². The molecule has 88 valence electrons. The van der Waals surface area contributed by atoms with Gasteiger partial charge in [0, 0.05) is 24.0 Å². The SMILES string of the molecule is CC(S)C1(C2CCCCCC2)CNCN1. The standard InChI is InChI=1S/C12H24N2S/c1-10(15)12(8-13-9-14-12)11-6-4-2-3-5-7-11/h10-11,13-15H,2-9H2,1H3. The minimum Gasteiger partial charge on any atom is -0.303 e. The van der Waals surface area contributed by atoms with Crippen molar-refractivity contribution in [2.45, 2.75) is 56.2 Å². The molecule has 0 aromatic rings. The van der Waals surface area contributed by atoms with Gasteiger partial charge in [-0.05, 0) is 18.8 Å². The van der Waals surface area contributed by atoms with Gasteiger partial charge in [0.15, 0.2) is 0 Å². The molecule has 2 aliphatic rings. The summed E-state index contributed by atoms with van der Waals surface area (Å²) in [6.07, 6.45) is 8.46. The molecule has 1 aliphatic carbocycles. The van der Waals surface area contributed by atoms with Crippen LogP contribution in [0.5, 0.6) is 0 Å². The molecule has 2 nitrogen and oxygen atoms in total. The molecule has 0 radical (unpaired) electrons. The Bertz CT molecular complexity index is 192. The van der Waals surface area contributed by atoms with Crippen molar-refractivity contribution >= 4 is 12.6 Å². The van der Waals surface area contributed by atoms with Crippen LogP contribution in [-0.2, 0) is 0 Å². The van der Waals surface area contributed by atoms with E-state index in [0.29, 0.717) is 5.25 Å². The van der Waals surface area contributed by atoms with Crippen LogP contribution in [0.1, 0.15) is 45.4 Å². The van der Waals surface area contributed by atoms with Crippen LogP contribution in [0.15, 0.2) is 0 Å². The molecule has 0 amide bonds. The maximum Gasteiger partial charge on any atom is 0.0460 e. The third-order valence-corrected chi connectivity index (χ3v) is 4.75. The summed E-state index contributed by atoms with van der Waals surface area (Å²) >= 11 is 4.72. The molecule has 2 atom stereocenters. The number of nitrogens with one attached hydrogen (secondary N) is 2. The fraction of sp³-hybridized carbons (Fsp3) is 1.00. The zero-order chi connectivity index (χ0) is 10.7. The van der Waals surface area contributed by atoms with Gasteiger partial charge < -0.3 is 5.32 Å². The van der Waals surface area contributed by atoms with Crippen molar-refractivity contribution < 1.29 is 0 Å². The van der Waals surface area contributed by atoms with Gasteiger partial charge in [-0.15, -0.1) is 0 Å². The molecule has 15 heavy (non-hydrogen) atoms. The fourth-order valence-corrected chi connectivity index (χ4v) is 3.67. The summed E-state index contributed by atoms with van der Waals surface area (Å²) < 4.78 is 0. The highest BCUT2D eigenvalue weighted by molar-refractivity contribution is 7.81. The molecule has 2 rings (SSSR count). The quantitative estimate of drug-likeness (QED) is 0.498. The summed E-state index contributed by atoms with van der Waals surface area (Å²) in [5, 5.41) is 7.57. The van der Waals surface area contributed by atoms with E-state index in [4.69, 9.17) is 12.6 Å². The predicted molar refractivity (Wildman–Crippen MR) is 68.4 cm³/mol. The van der Waals surface area contributed by atoms with Gasteiger partial charge in [-0.2, -0.15) is 12.6 Å². The monoisotopic (exact) mass is 228 g/mol. The van der Waals surface area contributed by atoms with E-state index in [9.17, 15) is 0 Å². The lowest BCUT2D eigenvalue weighted by Crippen LogP contribution is -2.55. The van der Waals surface area contributed by atoms with E-state index in [0.717, 1.165) is 19.1 Å². The van der Waals surface area contributed by atoms with Gasteiger partial charge in [0.1, 0.15) is 0 Å². The molecule has 2 unspecified atom stereocenters. The minimum atomic E-state index is 0.257. The summed E-state index contributed by atoms with van der Waals surface area (Å²) in [4.78, 5) is 0. The Kier molecular flexibility index (Phi) is 3.97. The molecule has 0 aromatic heterocycles. The first-order valence-electron chi connectivity index (χ1n) is 6.39. The highest BCUT2D eigenvalue weighted by Gasteiger charge is 2.43. The second kappa shape index (κ2) is 5.07. The summed E-state index contributed by atoms with van der Waals surface area (Å²) in [5.74, 6) is 0.822. The van der Waals surface area contributed by atoms with Crippen molar-refractivity contribution in [2.75, 3.05) is 13.2 Å². The average molecular weight is 228 g/mol. The van der Waals surface area contributed by atoms with Crippen LogP contribution in [0.4, 0.5) is 0 Å². The van der Waals surface area contributed by atoms with Crippen molar-refractivity contribution in [2.24, 2.45) is 5.92 Å². The highest BCUT2D eigenvalue weighted by atomic mass is 32.1. The minimum absolute atomic E-state index is 0.257. The van der Waals surface area contributed by atoms with Crippen LogP contribution in [0, 0.1) is 5.92 Å². The van der Waals surface area contributed by atoms with Crippen LogP contribution in [-0.4, -0.2) is 24.0 Å². The highest BCUT2D eigenvalue weighted by Crippen LogP contribution is 2.36. The lowest BCUT2D eigenvalue weighted by atomic mass is 9.77. The average Bonchev–Trinajstić information content (AvgIpc) is 2.56. The van der Waals surface area contributed by atoms with Crippen LogP contribution >= 0.6 is 12.6 Å². The van der Waals surface area contributed by atoms with E-state index in [2.05, 4.69) is 17.6 Å². The molecular weight excluding hydrogens is 204 g/mol. The normalized spacial score (nSPS) is 36.4. The smallest absolute Gasteiger partial charge is 0.0460 e. The zero-order valence-corrected chi connectivity index (χ0v) is 10.7. The van der Waals surface area contributed by atoms with Crippen molar-refractivity contribution in [3.05, 3.63) is 0 Å². The third-order valence-electron chi connectivity index (χ3n) is 4.29. The summed E-state index contributed by atoms with van der Waals surface area (Å²) in [6, 6.07) is 0. The zero-order valence-electron chi connectivity index (χ0n) is 9.76. The van der Waals surface area contributed by atoms with Crippen LogP contribution in [0.3, 0.4) is 0 Å². The second-order valence-electron chi connectivity index (χ2n) is 5.19. The van der Waals surface area contributed by atoms with Crippen molar-refractivity contribution in [3.8, 4) is 0 Å². The van der Waals surface area contributed by atoms with Gasteiger partial charge >= 0.3 is 0 Å². The molecule has 3 heteroatoms. The molecule has 1 saturated heterocycles. The molecule has 2 N–H and O–H groups in total. The first-order valence-corrected chi connectivity index (χ1v) is 6.91. The third kappa shape index (κ3) is 2.34. The second-order valence-corrected chi connectivity index (χ2v) is 5.96. The Morgan fingerprint density at radius 3 is 2.33 bits per heavy atom. The first kappa shape index (κ1) is 11.7. The van der Waals surface area contributed by atoms with Crippen LogP contribution in [0.25, 0.3) is 0 Å². The number of rotatable bonds is 2. The Morgan fingerprint density at radius 1 is 1.20 bits per heavy atom. The van der Waals surface area contributed by atoms with Gasteiger partial charge in [0.2, 0.25) is 0 Å². The molecule has 1 aliphatic heterocycles. The Labute approximate surface area is 99.0 Å². The number of thiol groups is 1. The molecule has 0 bridgehead atoms. The topological polar surface area (TPSA) is 24.1 Å². The van der Waals surface area contributed by atoms with Crippen LogP contribution in [0.2, 0.25) is 0 Å². The van der Waals surface area contributed by atoms with Crippen molar-refractivity contribution in [1.29, 1.82) is 0 Å². The lowest BCUT2D eigenvalue weighted by Gasteiger charge is -2.40. The first-order chi connectivity index (χ1) is 7.26. The number of hydrogen-bond acceptors (Lipinski definition) is 3. The lowest BCUT2D eigenvalue weighted by molar-refractivity contribution is 0.227. The van der Waals surface area contributed by atoms with Gasteiger partial charge in [-0.25, -0.2) is 0 Å². The maximum atomic E-state index is 4.72. The van der Waals surface area contributed by atoms with Gasteiger partial charge in [-0.3, -0.25) is 5.32 Å². The number of hydrogen-bond donors (Lipinski definition) is 3. The molecule has 0 spiro atoms. The van der Waals surface area contributed by atoms with Gasteiger partial charge in [-0.1, -0.05) is 32.6 Å². The summed E-state index contributed by atoms with van der Waals surface area (Å²) in [5.41, 5.74) is 0.257. The van der Waals surface area contributed by atoms with Crippen molar-refractivity contribution in [1.82, 2.24) is 10.6 Å². The largest absolute Gasteiger partial charge is 0.303 e. The molecular formula is C12H24N2S. The molecule has 1 saturated carbocycles. The Morgan fingerprint density at radius 2 is 1.87 bits per heavy atom. The van der Waals surface area contributed by atoms with Crippen LogP contribution < -0.4 is 10.6 Å². The van der Waals surface area contributed by atoms with E-state index in [-0.39, 0.29) is 5.54 Å². The molecule has 2 fully saturated rings. The summed E-state index contributed by atoms with van der Waals surface area (Å²) in [7, 11) is 0. The Hall–Kier alpha value is 0.270.